The van der Waals surface area contributed by atoms with Crippen LogP contribution in [0.3, 0.4) is 0 Å². The summed E-state index contributed by atoms with van der Waals surface area (Å²) >= 11 is 6.51. The van der Waals surface area contributed by atoms with E-state index in [1.54, 1.807) is 51.5 Å². The number of ether oxygens (including phenoxy) is 4. The van der Waals surface area contributed by atoms with E-state index in [1.807, 2.05) is 6.07 Å². The normalized spacial score (nSPS) is 10.9. The second-order valence-corrected chi connectivity index (χ2v) is 7.73. The van der Waals surface area contributed by atoms with Crippen LogP contribution in [0.4, 0.5) is 0 Å². The summed E-state index contributed by atoms with van der Waals surface area (Å²) in [7, 11) is 3.16. The fourth-order valence-corrected chi connectivity index (χ4v) is 3.58. The number of carboxylic acid groups (broad SMARTS) is 1. The maximum Gasteiger partial charge on any atom is 0.336 e. The molecular weight excluding hydrogens is 462 g/mol. The first-order valence-electron chi connectivity index (χ1n) is 10.3. The molecule has 2 heterocycles. The summed E-state index contributed by atoms with van der Waals surface area (Å²) in [6, 6.07) is 12.0. The molecule has 0 amide bonds. The smallest absolute Gasteiger partial charge is 0.336 e. The zero-order chi connectivity index (χ0) is 24.2. The number of imidazole rings is 1. The summed E-state index contributed by atoms with van der Waals surface area (Å²) in [6.45, 7) is 2.57. The molecular formula is C24H22ClN3O6. The number of halogens is 1. The van der Waals surface area contributed by atoms with Gasteiger partial charge in [-0.15, -0.1) is 0 Å². The van der Waals surface area contributed by atoms with Gasteiger partial charge in [0.1, 0.15) is 12.4 Å². The number of H-pyrrole nitrogens is 1. The highest BCUT2D eigenvalue weighted by atomic mass is 35.5. The molecule has 2 aromatic carbocycles. The molecule has 0 fully saturated rings. The Labute approximate surface area is 200 Å². The van der Waals surface area contributed by atoms with Crippen molar-refractivity contribution in [3.8, 4) is 34.5 Å². The predicted molar refractivity (Wildman–Crippen MR) is 126 cm³/mol. The van der Waals surface area contributed by atoms with E-state index >= 15 is 0 Å². The van der Waals surface area contributed by atoms with E-state index in [2.05, 4.69) is 15.0 Å². The molecule has 0 aliphatic carbocycles. The number of hydrogen-bond acceptors (Lipinski definition) is 7. The SMILES string of the molecule is COCCOc1ccc(-c2nc3nc(Oc4ccc(C)c(C(=O)O)c4)[nH]c3cc2Cl)cc1OC. The summed E-state index contributed by atoms with van der Waals surface area (Å²) in [5.74, 6) is 0.416. The van der Waals surface area contributed by atoms with Crippen LogP contribution >= 0.6 is 11.6 Å². The number of benzene rings is 2. The number of aromatic amines is 1. The number of aromatic nitrogens is 3. The minimum absolute atomic E-state index is 0.153. The van der Waals surface area contributed by atoms with Crippen LogP contribution < -0.4 is 14.2 Å². The topological polar surface area (TPSA) is 116 Å². The highest BCUT2D eigenvalue weighted by molar-refractivity contribution is 6.33. The van der Waals surface area contributed by atoms with Crippen LogP contribution in [-0.4, -0.2) is 53.5 Å². The van der Waals surface area contributed by atoms with E-state index in [4.69, 9.17) is 30.5 Å². The largest absolute Gasteiger partial charge is 0.493 e. The molecule has 0 radical (unpaired) electrons. The highest BCUT2D eigenvalue weighted by Crippen LogP contribution is 2.36. The van der Waals surface area contributed by atoms with Crippen molar-refractivity contribution in [3.05, 3.63) is 58.6 Å². The van der Waals surface area contributed by atoms with Crippen molar-refractivity contribution < 1.29 is 28.8 Å². The number of rotatable bonds is 9. The van der Waals surface area contributed by atoms with Crippen molar-refractivity contribution in [3.63, 3.8) is 0 Å². The molecule has 9 nitrogen and oxygen atoms in total. The van der Waals surface area contributed by atoms with Crippen molar-refractivity contribution in [2.45, 2.75) is 6.92 Å². The molecule has 0 unspecified atom stereocenters. The molecule has 0 aliphatic heterocycles. The van der Waals surface area contributed by atoms with Gasteiger partial charge in [0.2, 0.25) is 0 Å². The number of nitrogens with one attached hydrogen (secondary N) is 1. The van der Waals surface area contributed by atoms with Gasteiger partial charge < -0.3 is 29.0 Å². The summed E-state index contributed by atoms with van der Waals surface area (Å²) in [4.78, 5) is 23.3. The first-order chi connectivity index (χ1) is 16.4. The van der Waals surface area contributed by atoms with E-state index < -0.39 is 5.97 Å². The van der Waals surface area contributed by atoms with Gasteiger partial charge in [-0.25, -0.2) is 9.78 Å². The second-order valence-electron chi connectivity index (χ2n) is 7.32. The molecule has 0 atom stereocenters. The molecule has 0 bridgehead atoms. The Morgan fingerprint density at radius 1 is 1.06 bits per heavy atom. The van der Waals surface area contributed by atoms with Crippen LogP contribution in [0, 0.1) is 6.92 Å². The van der Waals surface area contributed by atoms with Gasteiger partial charge in [-0.3, -0.25) is 0 Å². The number of aromatic carboxylic acids is 1. The monoisotopic (exact) mass is 483 g/mol. The molecule has 0 saturated heterocycles. The van der Waals surface area contributed by atoms with Crippen molar-refractivity contribution in [2.24, 2.45) is 0 Å². The quantitative estimate of drug-likeness (QED) is 0.315. The van der Waals surface area contributed by atoms with Crippen molar-refractivity contribution in [1.29, 1.82) is 0 Å². The molecule has 176 valence electrons. The van der Waals surface area contributed by atoms with Gasteiger partial charge in [-0.2, -0.15) is 4.98 Å². The zero-order valence-corrected chi connectivity index (χ0v) is 19.5. The minimum atomic E-state index is -1.03. The lowest BCUT2D eigenvalue weighted by Gasteiger charge is -2.12. The maximum atomic E-state index is 11.4. The van der Waals surface area contributed by atoms with Crippen LogP contribution in [0.1, 0.15) is 15.9 Å². The molecule has 4 rings (SSSR count). The number of aryl methyl sites for hydroxylation is 1. The fourth-order valence-electron chi connectivity index (χ4n) is 3.32. The average molecular weight is 484 g/mol. The second kappa shape index (κ2) is 9.98. The summed E-state index contributed by atoms with van der Waals surface area (Å²) in [5, 5.41) is 9.73. The Hall–Kier alpha value is -3.82. The van der Waals surface area contributed by atoms with Crippen molar-refractivity contribution in [1.82, 2.24) is 15.0 Å². The van der Waals surface area contributed by atoms with Crippen LogP contribution in [0.5, 0.6) is 23.3 Å². The van der Waals surface area contributed by atoms with Crippen LogP contribution in [0.2, 0.25) is 5.02 Å². The molecule has 0 aliphatic rings. The number of fused-ring (bicyclic) bond motifs is 1. The maximum absolute atomic E-state index is 11.4. The Morgan fingerprint density at radius 2 is 1.88 bits per heavy atom. The molecule has 34 heavy (non-hydrogen) atoms. The van der Waals surface area contributed by atoms with Gasteiger partial charge in [0, 0.05) is 12.7 Å². The molecule has 0 saturated carbocycles. The molecule has 2 aromatic heterocycles. The van der Waals surface area contributed by atoms with Gasteiger partial charge in [0.25, 0.3) is 0 Å². The Bertz CT molecular complexity index is 1350. The van der Waals surface area contributed by atoms with Crippen molar-refractivity contribution >= 4 is 28.7 Å². The molecule has 0 spiro atoms. The Balaban J connectivity index is 1.63. The van der Waals surface area contributed by atoms with Crippen LogP contribution in [0.25, 0.3) is 22.4 Å². The van der Waals surface area contributed by atoms with Gasteiger partial charge in [-0.1, -0.05) is 17.7 Å². The number of pyridine rings is 1. The standard InChI is InChI=1S/C24H22ClN3O6/c1-13-4-6-15(11-16(13)23(29)30)34-24-26-18-12-17(25)21(27-22(18)28-24)14-5-7-19(20(10-14)32-3)33-9-8-31-2/h4-7,10-12H,8-9H2,1-3H3,(H,29,30)(H,26,27,28). The summed E-state index contributed by atoms with van der Waals surface area (Å²) < 4.78 is 21.9. The zero-order valence-electron chi connectivity index (χ0n) is 18.7. The van der Waals surface area contributed by atoms with E-state index in [1.165, 1.54) is 6.07 Å². The van der Waals surface area contributed by atoms with E-state index in [0.29, 0.717) is 57.9 Å². The van der Waals surface area contributed by atoms with E-state index in [-0.39, 0.29) is 11.6 Å². The predicted octanol–water partition coefficient (Wildman–Crippen LogP) is 5.11. The lowest BCUT2D eigenvalue weighted by Crippen LogP contribution is -2.05. The minimum Gasteiger partial charge on any atom is -0.493 e. The van der Waals surface area contributed by atoms with E-state index in [0.717, 1.165) is 5.56 Å². The first-order valence-corrected chi connectivity index (χ1v) is 10.7. The first kappa shape index (κ1) is 23.3. The molecule has 10 heteroatoms. The van der Waals surface area contributed by atoms with Gasteiger partial charge in [0.05, 0.1) is 35.5 Å². The lowest BCUT2D eigenvalue weighted by molar-refractivity contribution is 0.0695. The number of hydrogen-bond donors (Lipinski definition) is 2. The summed E-state index contributed by atoms with van der Waals surface area (Å²) in [5.41, 5.74) is 2.98. The van der Waals surface area contributed by atoms with Gasteiger partial charge >= 0.3 is 12.0 Å². The van der Waals surface area contributed by atoms with Crippen LogP contribution in [-0.2, 0) is 4.74 Å². The van der Waals surface area contributed by atoms with Gasteiger partial charge in [-0.05, 0) is 48.9 Å². The Kier molecular flexibility index (Phi) is 6.85. The number of carboxylic acids is 1. The van der Waals surface area contributed by atoms with E-state index in [9.17, 15) is 9.90 Å². The Morgan fingerprint density at radius 3 is 2.62 bits per heavy atom. The molecule has 2 N–H and O–H groups in total. The third-order valence-electron chi connectivity index (χ3n) is 5.04. The number of nitrogens with zero attached hydrogens (tertiary/aromatic N) is 2. The molecule has 4 aromatic rings. The van der Waals surface area contributed by atoms with Gasteiger partial charge in [0.15, 0.2) is 17.1 Å². The van der Waals surface area contributed by atoms with Crippen molar-refractivity contribution in [2.75, 3.05) is 27.4 Å². The summed E-state index contributed by atoms with van der Waals surface area (Å²) in [6.07, 6.45) is 0. The number of methoxy groups -OCH3 is 2. The highest BCUT2D eigenvalue weighted by Gasteiger charge is 2.16. The van der Waals surface area contributed by atoms with Crippen LogP contribution in [0.15, 0.2) is 42.5 Å². The third kappa shape index (κ3) is 4.90. The number of carbonyl (C=O) groups is 1. The third-order valence-corrected chi connectivity index (χ3v) is 5.33. The average Bonchev–Trinajstić information content (AvgIpc) is 3.20. The fraction of sp³-hybridized carbons (Fsp3) is 0.208. The lowest BCUT2D eigenvalue weighted by atomic mass is 10.1.